The number of methoxy groups -OCH3 is 2. The Balaban J connectivity index is 2.67. The van der Waals surface area contributed by atoms with E-state index in [-0.39, 0.29) is 0 Å². The molecule has 0 N–H and O–H groups in total. The summed E-state index contributed by atoms with van der Waals surface area (Å²) in [6, 6.07) is 0. The van der Waals surface area contributed by atoms with Gasteiger partial charge >= 0.3 is 30.6 Å². The quantitative estimate of drug-likeness (QED) is 0.236. The normalized spacial score (nSPS) is 25.1. The lowest BCUT2D eigenvalue weighted by molar-refractivity contribution is -0.477. The van der Waals surface area contributed by atoms with Crippen LogP contribution in [0.2, 0.25) is 0 Å². The molecule has 72 valence electrons. The van der Waals surface area contributed by atoms with Gasteiger partial charge in [0.15, 0.2) is 0 Å². The molecule has 0 spiro atoms. The van der Waals surface area contributed by atoms with E-state index in [1.165, 1.54) is 14.2 Å². The minimum Gasteiger partial charge on any atom is -0.464 e. The molecule has 0 fully saturated rings. The van der Waals surface area contributed by atoms with Gasteiger partial charge in [-0.25, -0.2) is 9.59 Å². The molecule has 0 unspecified atom stereocenters. The van der Waals surface area contributed by atoms with Crippen molar-refractivity contribution in [2.24, 2.45) is 0 Å². The monoisotopic (exact) mass is 189 g/mol. The lowest BCUT2D eigenvalue weighted by atomic mass is 10.2. The molecule has 6 heteroatoms. The van der Waals surface area contributed by atoms with Crippen molar-refractivity contribution >= 4 is 18.4 Å². The van der Waals surface area contributed by atoms with Crippen LogP contribution in [0.4, 0.5) is 0 Å². The molecular weight excluding hydrogens is 180 g/mol. The van der Waals surface area contributed by atoms with Gasteiger partial charge in [-0.05, 0) is 0 Å². The van der Waals surface area contributed by atoms with Crippen LogP contribution >= 0.6 is 0 Å². The highest BCUT2D eigenvalue weighted by Crippen LogP contribution is 2.09. The number of carbonyl (C=O) groups is 2. The molecule has 0 aromatic heterocycles. The highest BCUT2D eigenvalue weighted by molar-refractivity contribution is 5.86. The Bertz CT molecular complexity index is 245. The molecule has 0 amide bonds. The maximum Gasteiger partial charge on any atom is 0.475 e. The lowest BCUT2D eigenvalue weighted by Crippen LogP contribution is -2.39. The van der Waals surface area contributed by atoms with E-state index in [1.54, 1.807) is 0 Å². The first kappa shape index (κ1) is 9.50. The fraction of sp³-hybridized carbons (Fsp3) is 0.571. The molecule has 1 rings (SSSR count). The molecule has 0 saturated heterocycles. The van der Waals surface area contributed by atoms with Crippen LogP contribution in [0.15, 0.2) is 0 Å². The van der Waals surface area contributed by atoms with Crippen molar-refractivity contribution < 1.29 is 28.2 Å². The molecule has 0 saturated carbocycles. The van der Waals surface area contributed by atoms with E-state index in [2.05, 4.69) is 9.47 Å². The highest BCUT2D eigenvalue weighted by Gasteiger charge is 2.50. The van der Waals surface area contributed by atoms with Crippen LogP contribution in [-0.4, -0.2) is 44.8 Å². The number of hydrogen-bond acceptors (Lipinski definition) is 5. The Morgan fingerprint density at radius 3 is 2.46 bits per heavy atom. The van der Waals surface area contributed by atoms with Crippen LogP contribution in [0.1, 0.15) is 0 Å². The molecule has 0 aliphatic carbocycles. The average Bonchev–Trinajstić information content (AvgIpc) is 2.63. The zero-order chi connectivity index (χ0) is 9.84. The summed E-state index contributed by atoms with van der Waals surface area (Å²) in [6.45, 7) is 0.920. The maximum absolute atomic E-state index is 11.0. The number of cyclic esters (lactones) is 1. The molecule has 2 atom stereocenters. The topological polar surface area (TPSA) is 73.1 Å². The number of ether oxygens (including phenoxy) is 3. The smallest absolute Gasteiger partial charge is 0.464 e. The second-order valence-electron chi connectivity index (χ2n) is 2.26. The Morgan fingerprint density at radius 2 is 1.92 bits per heavy atom. The number of esters is 2. The first-order valence-corrected chi connectivity index (χ1v) is 3.49. The van der Waals surface area contributed by atoms with Gasteiger partial charge in [0.25, 0.3) is 0 Å². The Morgan fingerprint density at radius 1 is 1.31 bits per heavy atom. The lowest BCUT2D eigenvalue weighted by Gasteiger charge is -2.04. The predicted molar refractivity (Wildman–Crippen MR) is 38.8 cm³/mol. The minimum absolute atomic E-state index is 0.677. The third-order valence-corrected chi connectivity index (χ3v) is 1.55. The SMILES string of the molecule is COC(=O)[C@@H]1OC=[O+][C@H]1C(=O)OC. The van der Waals surface area contributed by atoms with Gasteiger partial charge in [-0.15, -0.1) is 0 Å². The third kappa shape index (κ3) is 1.77. The van der Waals surface area contributed by atoms with E-state index in [0.29, 0.717) is 0 Å². The van der Waals surface area contributed by atoms with Gasteiger partial charge in [-0.3, -0.25) is 0 Å². The minimum atomic E-state index is -1.07. The largest absolute Gasteiger partial charge is 0.475 e. The summed E-state index contributed by atoms with van der Waals surface area (Å²) in [5, 5.41) is 0. The Labute approximate surface area is 74.1 Å². The molecule has 6 nitrogen and oxygen atoms in total. The van der Waals surface area contributed by atoms with Crippen molar-refractivity contribution in [1.29, 1.82) is 0 Å². The second-order valence-corrected chi connectivity index (χ2v) is 2.26. The fourth-order valence-electron chi connectivity index (χ4n) is 0.885. The van der Waals surface area contributed by atoms with Gasteiger partial charge in [0, 0.05) is 0 Å². The van der Waals surface area contributed by atoms with E-state index in [0.717, 1.165) is 6.47 Å². The van der Waals surface area contributed by atoms with E-state index in [4.69, 9.17) is 9.16 Å². The summed E-state index contributed by atoms with van der Waals surface area (Å²) < 4.78 is 18.2. The van der Waals surface area contributed by atoms with Crippen LogP contribution in [0, 0.1) is 0 Å². The summed E-state index contributed by atoms with van der Waals surface area (Å²) >= 11 is 0. The van der Waals surface area contributed by atoms with Crippen LogP contribution < -0.4 is 0 Å². The van der Waals surface area contributed by atoms with E-state index in [1.807, 2.05) is 0 Å². The first-order valence-electron chi connectivity index (χ1n) is 3.49. The third-order valence-electron chi connectivity index (χ3n) is 1.55. The maximum atomic E-state index is 11.0. The summed E-state index contributed by atoms with van der Waals surface area (Å²) in [5.41, 5.74) is 0. The zero-order valence-electron chi connectivity index (χ0n) is 7.18. The first-order chi connectivity index (χ1) is 6.20. The van der Waals surface area contributed by atoms with Crippen LogP contribution in [-0.2, 0) is 28.2 Å². The fourth-order valence-corrected chi connectivity index (χ4v) is 0.885. The van der Waals surface area contributed by atoms with Crippen molar-refractivity contribution in [1.82, 2.24) is 0 Å². The van der Waals surface area contributed by atoms with Crippen LogP contribution in [0.25, 0.3) is 0 Å². The molecule has 0 radical (unpaired) electrons. The Kier molecular flexibility index (Phi) is 2.84. The number of hydrogen-bond donors (Lipinski definition) is 0. The van der Waals surface area contributed by atoms with Gasteiger partial charge < -0.3 is 18.6 Å². The van der Waals surface area contributed by atoms with Gasteiger partial charge in [0.2, 0.25) is 0 Å². The highest BCUT2D eigenvalue weighted by atomic mass is 16.7. The van der Waals surface area contributed by atoms with Crippen molar-refractivity contribution in [3.8, 4) is 0 Å². The second kappa shape index (κ2) is 3.88. The molecular formula is C7H9O6+. The summed E-state index contributed by atoms with van der Waals surface area (Å²) in [6.07, 6.45) is -2.14. The zero-order valence-corrected chi connectivity index (χ0v) is 7.18. The van der Waals surface area contributed by atoms with Crippen molar-refractivity contribution in [3.05, 3.63) is 0 Å². The van der Waals surface area contributed by atoms with E-state index < -0.39 is 24.1 Å². The standard InChI is InChI=1S/C7H9O6/c1-10-6(8)4-5(7(9)11-2)13-3-12-4/h3-5H,1-2H3/q+1/t4-,5-/m1/s1. The molecule has 0 aromatic carbocycles. The van der Waals surface area contributed by atoms with E-state index in [9.17, 15) is 9.59 Å². The molecule has 0 aromatic rings. The van der Waals surface area contributed by atoms with Crippen LogP contribution in [0.5, 0.6) is 0 Å². The molecule has 1 aliphatic rings. The summed E-state index contributed by atoms with van der Waals surface area (Å²) in [7, 11) is 2.39. The summed E-state index contributed by atoms with van der Waals surface area (Å²) in [5.74, 6) is -1.35. The predicted octanol–water partition coefficient (Wildman–Crippen LogP) is -1.21. The van der Waals surface area contributed by atoms with Gasteiger partial charge in [0.05, 0.1) is 14.2 Å². The van der Waals surface area contributed by atoms with Gasteiger partial charge in [-0.2, -0.15) is 0 Å². The molecule has 1 aliphatic heterocycles. The molecule has 0 bridgehead atoms. The van der Waals surface area contributed by atoms with Crippen molar-refractivity contribution in [3.63, 3.8) is 0 Å². The van der Waals surface area contributed by atoms with Crippen LogP contribution in [0.3, 0.4) is 0 Å². The summed E-state index contributed by atoms with van der Waals surface area (Å²) in [4.78, 5) is 22.0. The number of rotatable bonds is 2. The molecule has 1 heterocycles. The molecule has 13 heavy (non-hydrogen) atoms. The van der Waals surface area contributed by atoms with Crippen molar-refractivity contribution in [2.75, 3.05) is 14.2 Å². The average molecular weight is 189 g/mol. The number of carbonyl (C=O) groups excluding carboxylic acids is 3. The van der Waals surface area contributed by atoms with E-state index >= 15 is 0 Å². The van der Waals surface area contributed by atoms with Crippen molar-refractivity contribution in [2.45, 2.75) is 12.2 Å². The van der Waals surface area contributed by atoms with Gasteiger partial charge in [0.1, 0.15) is 0 Å². The Hall–Kier alpha value is -1.59. The van der Waals surface area contributed by atoms with Gasteiger partial charge in [-0.1, -0.05) is 0 Å².